The van der Waals surface area contributed by atoms with E-state index in [1.54, 1.807) is 17.5 Å². The predicted octanol–water partition coefficient (Wildman–Crippen LogP) is 7.53. The van der Waals surface area contributed by atoms with Gasteiger partial charge in [-0.2, -0.15) is 18.3 Å². The van der Waals surface area contributed by atoms with Gasteiger partial charge < -0.3 is 10.1 Å². The molecule has 202 valence electrons. The van der Waals surface area contributed by atoms with Gasteiger partial charge in [0.25, 0.3) is 0 Å². The topological polar surface area (TPSA) is 75.6 Å². The van der Waals surface area contributed by atoms with Gasteiger partial charge in [0.05, 0.1) is 31.0 Å². The molecule has 6 nitrogen and oxygen atoms in total. The number of nitrogens with one attached hydrogen (secondary N) is 2. The number of carbonyl (C=O) groups excluding carboxylic acids is 1. The summed E-state index contributed by atoms with van der Waals surface area (Å²) in [5.41, 5.74) is 3.98. The fraction of sp³-hybridized carbons (Fsp3) is 0.115. The summed E-state index contributed by atoms with van der Waals surface area (Å²) in [6.45, 7) is 0.295. The molecule has 0 unspecified atom stereocenters. The number of ether oxygens (including phenoxy) is 1. The van der Waals surface area contributed by atoms with Gasteiger partial charge in [-0.1, -0.05) is 18.2 Å². The smallest absolute Gasteiger partial charge is 0.416 e. The molecule has 2 N–H and O–H groups in total. The Morgan fingerprint density at radius 3 is 2.49 bits per heavy atom. The Morgan fingerprint density at radius 1 is 1.08 bits per heavy atom. The maximum absolute atomic E-state index is 13.1. The number of carbonyl (C=O) groups is 1. The molecule has 0 fully saturated rings. The molecule has 0 aliphatic heterocycles. The number of rotatable bonds is 9. The first-order valence-electron chi connectivity index (χ1n) is 11.1. The third kappa shape index (κ3) is 8.60. The standard InChI is InChI=1S/C26H18F4I2N4O2S/c27-18-6-4-15(5-7-18)13-38-24-21(31)8-16(9-22(24)32)12-33-36-23(37)11-20-14-39-25(35-20)34-19-3-1-2-17(10-19)26(28,29)30/h1-10,12,14H,11,13H2,(H,34,35)(H,36,37)/b33-12-. The molecule has 0 radical (unpaired) electrons. The van der Waals surface area contributed by atoms with Gasteiger partial charge in [-0.05, 0) is 98.8 Å². The first-order chi connectivity index (χ1) is 18.6. The minimum Gasteiger partial charge on any atom is -0.487 e. The highest BCUT2D eigenvalue weighted by molar-refractivity contribution is 14.1. The minimum atomic E-state index is -4.44. The Balaban J connectivity index is 1.29. The van der Waals surface area contributed by atoms with Crippen molar-refractivity contribution in [2.45, 2.75) is 19.2 Å². The van der Waals surface area contributed by atoms with Crippen molar-refractivity contribution >= 4 is 79.5 Å². The molecule has 0 spiro atoms. The number of hydrazone groups is 1. The Bertz CT molecular complexity index is 1470. The van der Waals surface area contributed by atoms with Crippen molar-refractivity contribution in [1.29, 1.82) is 0 Å². The summed E-state index contributed by atoms with van der Waals surface area (Å²) >= 11 is 5.47. The molecule has 0 bridgehead atoms. The lowest BCUT2D eigenvalue weighted by Gasteiger charge is -2.11. The second kappa shape index (κ2) is 13.0. The lowest BCUT2D eigenvalue weighted by Crippen LogP contribution is -2.20. The van der Waals surface area contributed by atoms with Gasteiger partial charge in [0, 0.05) is 11.1 Å². The van der Waals surface area contributed by atoms with E-state index < -0.39 is 17.6 Å². The summed E-state index contributed by atoms with van der Waals surface area (Å²) < 4.78 is 59.4. The van der Waals surface area contributed by atoms with Gasteiger partial charge >= 0.3 is 6.18 Å². The van der Waals surface area contributed by atoms with E-state index in [0.29, 0.717) is 23.2 Å². The van der Waals surface area contributed by atoms with Gasteiger partial charge in [0.1, 0.15) is 18.2 Å². The van der Waals surface area contributed by atoms with E-state index in [-0.39, 0.29) is 17.9 Å². The van der Waals surface area contributed by atoms with Crippen LogP contribution in [0.3, 0.4) is 0 Å². The van der Waals surface area contributed by atoms with Gasteiger partial charge in [-0.3, -0.25) is 4.79 Å². The van der Waals surface area contributed by atoms with Crippen LogP contribution in [-0.2, 0) is 24.0 Å². The van der Waals surface area contributed by atoms with E-state index in [4.69, 9.17) is 4.74 Å². The molecule has 1 aromatic heterocycles. The quantitative estimate of drug-likeness (QED) is 0.0798. The van der Waals surface area contributed by atoms with E-state index in [0.717, 1.165) is 30.4 Å². The molecule has 4 rings (SSSR count). The summed E-state index contributed by atoms with van der Waals surface area (Å²) in [5.74, 6) is -0.00776. The molecule has 0 atom stereocenters. The van der Waals surface area contributed by atoms with Crippen molar-refractivity contribution in [3.63, 3.8) is 0 Å². The number of thiazole rings is 1. The number of anilines is 2. The molecule has 39 heavy (non-hydrogen) atoms. The van der Waals surface area contributed by atoms with Crippen molar-refractivity contribution in [2.75, 3.05) is 5.32 Å². The van der Waals surface area contributed by atoms with Gasteiger partial charge in [0.15, 0.2) is 5.13 Å². The molecule has 0 saturated heterocycles. The number of nitrogens with zero attached hydrogens (tertiary/aromatic N) is 2. The van der Waals surface area contributed by atoms with Crippen LogP contribution in [-0.4, -0.2) is 17.1 Å². The Hall–Kier alpha value is -2.79. The van der Waals surface area contributed by atoms with E-state index in [2.05, 4.69) is 66.0 Å². The van der Waals surface area contributed by atoms with Crippen molar-refractivity contribution in [1.82, 2.24) is 10.4 Å². The molecule has 0 saturated carbocycles. The SMILES string of the molecule is O=C(Cc1csc(Nc2cccc(C(F)(F)F)c2)n1)N/N=C\c1cc(I)c(OCc2ccc(F)cc2)c(I)c1. The van der Waals surface area contributed by atoms with Crippen molar-refractivity contribution in [2.24, 2.45) is 5.10 Å². The molecule has 0 aliphatic carbocycles. The number of hydrogen-bond donors (Lipinski definition) is 2. The third-order valence-corrected chi connectivity index (χ3v) is 7.46. The van der Waals surface area contributed by atoms with E-state index in [1.165, 1.54) is 41.8 Å². The Labute approximate surface area is 252 Å². The van der Waals surface area contributed by atoms with E-state index in [1.807, 2.05) is 12.1 Å². The van der Waals surface area contributed by atoms with E-state index >= 15 is 0 Å². The first-order valence-corrected chi connectivity index (χ1v) is 14.2. The zero-order chi connectivity index (χ0) is 28.0. The largest absolute Gasteiger partial charge is 0.487 e. The molecule has 3 aromatic carbocycles. The Kier molecular flexibility index (Phi) is 9.76. The highest BCUT2D eigenvalue weighted by atomic mass is 127. The molecule has 13 heteroatoms. The van der Waals surface area contributed by atoms with Crippen LogP contribution in [0.1, 0.15) is 22.4 Å². The number of hydrogen-bond acceptors (Lipinski definition) is 6. The number of aromatic nitrogens is 1. The van der Waals surface area contributed by atoms with Gasteiger partial charge in [-0.25, -0.2) is 14.8 Å². The molecular weight excluding hydrogens is 762 g/mol. The number of alkyl halides is 3. The summed E-state index contributed by atoms with van der Waals surface area (Å²) in [4.78, 5) is 16.6. The summed E-state index contributed by atoms with van der Waals surface area (Å²) in [6.07, 6.45) is -2.99. The van der Waals surface area contributed by atoms with Crippen molar-refractivity contribution in [3.05, 3.63) is 101 Å². The molecule has 0 aliphatic rings. The maximum atomic E-state index is 13.1. The first kappa shape index (κ1) is 29.2. The second-order valence-electron chi connectivity index (χ2n) is 8.05. The van der Waals surface area contributed by atoms with Crippen LogP contribution in [0.2, 0.25) is 0 Å². The van der Waals surface area contributed by atoms with Crippen LogP contribution in [0.15, 0.2) is 71.1 Å². The average molecular weight is 780 g/mol. The van der Waals surface area contributed by atoms with Gasteiger partial charge in [0.2, 0.25) is 5.91 Å². The predicted molar refractivity (Wildman–Crippen MR) is 159 cm³/mol. The molecule has 1 heterocycles. The molecule has 1 amide bonds. The number of halogens is 6. The lowest BCUT2D eigenvalue weighted by atomic mass is 10.2. The summed E-state index contributed by atoms with van der Waals surface area (Å²) in [5, 5.41) is 8.85. The van der Waals surface area contributed by atoms with Crippen LogP contribution in [0.25, 0.3) is 0 Å². The number of benzene rings is 3. The zero-order valence-corrected chi connectivity index (χ0v) is 24.9. The zero-order valence-electron chi connectivity index (χ0n) is 19.7. The normalized spacial score (nSPS) is 11.5. The van der Waals surface area contributed by atoms with Crippen LogP contribution >= 0.6 is 56.5 Å². The second-order valence-corrected chi connectivity index (χ2v) is 11.2. The Morgan fingerprint density at radius 2 is 1.79 bits per heavy atom. The van der Waals surface area contributed by atoms with E-state index in [9.17, 15) is 22.4 Å². The highest BCUT2D eigenvalue weighted by Crippen LogP contribution is 2.32. The van der Waals surface area contributed by atoms with Crippen LogP contribution in [0, 0.1) is 13.0 Å². The summed E-state index contributed by atoms with van der Waals surface area (Å²) in [6, 6.07) is 14.6. The van der Waals surface area contributed by atoms with Crippen LogP contribution < -0.4 is 15.5 Å². The van der Waals surface area contributed by atoms with Crippen molar-refractivity contribution < 1.29 is 27.1 Å². The molecule has 4 aromatic rings. The fourth-order valence-electron chi connectivity index (χ4n) is 3.25. The monoisotopic (exact) mass is 780 g/mol. The average Bonchev–Trinajstić information content (AvgIpc) is 3.30. The molecular formula is C26H18F4I2N4O2S. The van der Waals surface area contributed by atoms with Crippen LogP contribution in [0.5, 0.6) is 5.75 Å². The maximum Gasteiger partial charge on any atom is 0.416 e. The fourth-order valence-corrected chi connectivity index (χ4v) is 6.11. The van der Waals surface area contributed by atoms with Gasteiger partial charge in [-0.15, -0.1) is 11.3 Å². The lowest BCUT2D eigenvalue weighted by molar-refractivity contribution is -0.137. The van der Waals surface area contributed by atoms with Crippen molar-refractivity contribution in [3.8, 4) is 5.75 Å². The van der Waals surface area contributed by atoms with Crippen LogP contribution in [0.4, 0.5) is 28.4 Å². The number of amides is 1. The minimum absolute atomic E-state index is 0.0522. The third-order valence-electron chi connectivity index (χ3n) is 5.05. The summed E-state index contributed by atoms with van der Waals surface area (Å²) in [7, 11) is 0. The highest BCUT2D eigenvalue weighted by Gasteiger charge is 2.30.